The van der Waals surface area contributed by atoms with Gasteiger partial charge in [-0.3, -0.25) is 14.9 Å². The summed E-state index contributed by atoms with van der Waals surface area (Å²) >= 11 is 1.43. The Morgan fingerprint density at radius 1 is 1.55 bits per heavy atom. The van der Waals surface area contributed by atoms with Gasteiger partial charge in [-0.1, -0.05) is 0 Å². The number of nitro benzene ring substituents is 1. The standard InChI is InChI=1S/C12H17N3O3S.ClH/c1-8(13)5-6-14-12(16)10-7-9(19-2)3-4-11(10)15(17)18;/h3-4,7-8H,5-6,13H2,1-2H3,(H,14,16);1H. The van der Waals surface area contributed by atoms with Crippen molar-refractivity contribution in [2.75, 3.05) is 12.8 Å². The molecule has 1 atom stereocenters. The first kappa shape index (κ1) is 18.7. The fourth-order valence-electron chi connectivity index (χ4n) is 1.49. The third-order valence-corrected chi connectivity index (χ3v) is 3.26. The largest absolute Gasteiger partial charge is 0.352 e. The van der Waals surface area contributed by atoms with Gasteiger partial charge in [0.25, 0.3) is 11.6 Å². The van der Waals surface area contributed by atoms with E-state index in [0.717, 1.165) is 4.90 Å². The molecule has 0 aliphatic heterocycles. The van der Waals surface area contributed by atoms with Crippen molar-refractivity contribution in [1.29, 1.82) is 0 Å². The topological polar surface area (TPSA) is 98.3 Å². The third-order valence-electron chi connectivity index (χ3n) is 2.53. The molecule has 6 nitrogen and oxygen atoms in total. The van der Waals surface area contributed by atoms with Crippen LogP contribution >= 0.6 is 24.2 Å². The van der Waals surface area contributed by atoms with Crippen molar-refractivity contribution in [2.45, 2.75) is 24.3 Å². The molecule has 1 rings (SSSR count). The van der Waals surface area contributed by atoms with Crippen LogP contribution in [0.3, 0.4) is 0 Å². The summed E-state index contributed by atoms with van der Waals surface area (Å²) in [5.41, 5.74) is 5.48. The van der Waals surface area contributed by atoms with E-state index in [2.05, 4.69) is 5.32 Å². The van der Waals surface area contributed by atoms with Crippen molar-refractivity contribution in [3.8, 4) is 0 Å². The fraction of sp³-hybridized carbons (Fsp3) is 0.417. The summed E-state index contributed by atoms with van der Waals surface area (Å²) in [5.74, 6) is -0.441. The molecule has 8 heteroatoms. The number of nitro groups is 1. The van der Waals surface area contributed by atoms with Gasteiger partial charge in [0, 0.05) is 23.5 Å². The molecule has 0 aliphatic rings. The maximum Gasteiger partial charge on any atom is 0.282 e. The second kappa shape index (κ2) is 8.78. The van der Waals surface area contributed by atoms with Crippen LogP contribution in [-0.2, 0) is 0 Å². The molecule has 1 amide bonds. The zero-order valence-corrected chi connectivity index (χ0v) is 12.9. The van der Waals surface area contributed by atoms with Crippen LogP contribution < -0.4 is 11.1 Å². The average Bonchev–Trinajstić information content (AvgIpc) is 2.37. The van der Waals surface area contributed by atoms with Crippen LogP contribution in [0.25, 0.3) is 0 Å². The van der Waals surface area contributed by atoms with Crippen molar-refractivity contribution in [2.24, 2.45) is 5.73 Å². The molecule has 0 spiro atoms. The number of halogens is 1. The van der Waals surface area contributed by atoms with Gasteiger partial charge in [0.2, 0.25) is 0 Å². The van der Waals surface area contributed by atoms with Gasteiger partial charge in [-0.25, -0.2) is 0 Å². The zero-order chi connectivity index (χ0) is 14.4. The van der Waals surface area contributed by atoms with Crippen molar-refractivity contribution in [1.82, 2.24) is 5.32 Å². The van der Waals surface area contributed by atoms with Crippen LogP contribution in [0.2, 0.25) is 0 Å². The smallest absolute Gasteiger partial charge is 0.282 e. The van der Waals surface area contributed by atoms with E-state index in [-0.39, 0.29) is 29.7 Å². The van der Waals surface area contributed by atoms with Gasteiger partial charge in [0.1, 0.15) is 5.56 Å². The Labute approximate surface area is 128 Å². The number of carbonyl (C=O) groups excluding carboxylic acids is 1. The van der Waals surface area contributed by atoms with Crippen LogP contribution in [0.15, 0.2) is 23.1 Å². The fourth-order valence-corrected chi connectivity index (χ4v) is 1.93. The van der Waals surface area contributed by atoms with Crippen LogP contribution in [-0.4, -0.2) is 29.7 Å². The molecular formula is C12H18ClN3O3S. The lowest BCUT2D eigenvalue weighted by molar-refractivity contribution is -0.385. The van der Waals surface area contributed by atoms with E-state index < -0.39 is 10.8 Å². The molecule has 0 saturated carbocycles. The molecule has 20 heavy (non-hydrogen) atoms. The summed E-state index contributed by atoms with van der Waals surface area (Å²) in [6.45, 7) is 2.24. The molecule has 0 bridgehead atoms. The number of rotatable bonds is 6. The summed E-state index contributed by atoms with van der Waals surface area (Å²) in [5, 5.41) is 13.6. The molecule has 0 radical (unpaired) electrons. The molecule has 0 heterocycles. The van der Waals surface area contributed by atoms with Crippen LogP contribution in [0.4, 0.5) is 5.69 Å². The van der Waals surface area contributed by atoms with Crippen LogP contribution in [0.5, 0.6) is 0 Å². The predicted molar refractivity (Wildman–Crippen MR) is 82.7 cm³/mol. The first-order chi connectivity index (χ1) is 8.95. The van der Waals surface area contributed by atoms with Gasteiger partial charge in [0.05, 0.1) is 4.92 Å². The Morgan fingerprint density at radius 3 is 2.70 bits per heavy atom. The minimum Gasteiger partial charge on any atom is -0.352 e. The number of nitrogens with one attached hydrogen (secondary N) is 1. The first-order valence-electron chi connectivity index (χ1n) is 5.82. The maximum atomic E-state index is 12.0. The van der Waals surface area contributed by atoms with Gasteiger partial charge in [-0.05, 0) is 31.7 Å². The Hall–Kier alpha value is -1.31. The second-order valence-electron chi connectivity index (χ2n) is 4.16. The minimum atomic E-state index is -0.551. The monoisotopic (exact) mass is 319 g/mol. The van der Waals surface area contributed by atoms with Crippen molar-refractivity contribution >= 4 is 35.8 Å². The molecular weight excluding hydrogens is 302 g/mol. The van der Waals surface area contributed by atoms with E-state index in [1.807, 2.05) is 13.2 Å². The lowest BCUT2D eigenvalue weighted by atomic mass is 10.1. The number of hydrogen-bond donors (Lipinski definition) is 2. The summed E-state index contributed by atoms with van der Waals surface area (Å²) in [6.07, 6.45) is 2.47. The summed E-state index contributed by atoms with van der Waals surface area (Å²) in [4.78, 5) is 23.1. The van der Waals surface area contributed by atoms with Crippen LogP contribution in [0, 0.1) is 10.1 Å². The highest BCUT2D eigenvalue weighted by molar-refractivity contribution is 7.98. The number of nitrogens with two attached hydrogens (primary N) is 1. The Balaban J connectivity index is 0.00000361. The third kappa shape index (κ3) is 5.36. The van der Waals surface area contributed by atoms with Gasteiger partial charge < -0.3 is 11.1 Å². The Bertz CT molecular complexity index is 483. The van der Waals surface area contributed by atoms with E-state index in [1.54, 1.807) is 6.07 Å². The Morgan fingerprint density at radius 2 is 2.20 bits per heavy atom. The number of carbonyl (C=O) groups is 1. The number of benzene rings is 1. The minimum absolute atomic E-state index is 0. The Kier molecular flexibility index (Phi) is 8.21. The van der Waals surface area contributed by atoms with Gasteiger partial charge >= 0.3 is 0 Å². The van der Waals surface area contributed by atoms with Crippen molar-refractivity contribution in [3.05, 3.63) is 33.9 Å². The molecule has 0 aliphatic carbocycles. The number of hydrogen-bond acceptors (Lipinski definition) is 5. The lowest BCUT2D eigenvalue weighted by Gasteiger charge is -2.08. The van der Waals surface area contributed by atoms with Gasteiger partial charge in [-0.15, -0.1) is 24.2 Å². The molecule has 112 valence electrons. The molecule has 0 aromatic heterocycles. The van der Waals surface area contributed by atoms with Gasteiger partial charge in [0.15, 0.2) is 0 Å². The molecule has 0 fully saturated rings. The van der Waals surface area contributed by atoms with Crippen LogP contribution in [0.1, 0.15) is 23.7 Å². The summed E-state index contributed by atoms with van der Waals surface area (Å²) in [7, 11) is 0. The molecule has 1 aromatic rings. The normalized spacial score (nSPS) is 11.3. The number of thioether (sulfide) groups is 1. The lowest BCUT2D eigenvalue weighted by Crippen LogP contribution is -2.29. The van der Waals surface area contributed by atoms with E-state index in [0.29, 0.717) is 13.0 Å². The highest BCUT2D eigenvalue weighted by Gasteiger charge is 2.20. The first-order valence-corrected chi connectivity index (χ1v) is 7.04. The van der Waals surface area contributed by atoms with E-state index in [4.69, 9.17) is 5.73 Å². The zero-order valence-electron chi connectivity index (χ0n) is 11.3. The molecule has 0 saturated heterocycles. The number of amides is 1. The second-order valence-corrected chi connectivity index (χ2v) is 5.04. The SMILES string of the molecule is CSc1ccc([N+](=O)[O-])c(C(=O)NCCC(C)N)c1.Cl. The predicted octanol–water partition coefficient (Wildman–Crippen LogP) is 2.21. The highest BCUT2D eigenvalue weighted by atomic mass is 35.5. The van der Waals surface area contributed by atoms with E-state index >= 15 is 0 Å². The molecule has 1 aromatic carbocycles. The summed E-state index contributed by atoms with van der Waals surface area (Å²) < 4.78 is 0. The maximum absolute atomic E-state index is 12.0. The highest BCUT2D eigenvalue weighted by Crippen LogP contribution is 2.24. The molecule has 3 N–H and O–H groups in total. The van der Waals surface area contributed by atoms with Crippen molar-refractivity contribution in [3.63, 3.8) is 0 Å². The van der Waals surface area contributed by atoms with Crippen molar-refractivity contribution < 1.29 is 9.72 Å². The number of nitrogens with zero attached hydrogens (tertiary/aromatic N) is 1. The molecule has 1 unspecified atom stereocenters. The summed E-state index contributed by atoms with van der Waals surface area (Å²) in [6, 6.07) is 4.49. The average molecular weight is 320 g/mol. The van der Waals surface area contributed by atoms with E-state index in [1.165, 1.54) is 23.9 Å². The van der Waals surface area contributed by atoms with Gasteiger partial charge in [-0.2, -0.15) is 0 Å². The quantitative estimate of drug-likeness (QED) is 0.476. The van der Waals surface area contributed by atoms with E-state index in [9.17, 15) is 14.9 Å².